The summed E-state index contributed by atoms with van der Waals surface area (Å²) in [5, 5.41) is 9.00. The van der Waals surface area contributed by atoms with Gasteiger partial charge in [0.1, 0.15) is 18.1 Å². The van der Waals surface area contributed by atoms with Crippen molar-refractivity contribution in [1.29, 1.82) is 0 Å². The highest BCUT2D eigenvalue weighted by Gasteiger charge is 2.10. The van der Waals surface area contributed by atoms with Crippen molar-refractivity contribution in [2.24, 2.45) is 0 Å². The number of rotatable bonds is 7. The second kappa shape index (κ2) is 8.22. The van der Waals surface area contributed by atoms with Crippen molar-refractivity contribution >= 4 is 5.78 Å². The molecule has 2 heterocycles. The molecule has 0 aliphatic rings. The Labute approximate surface area is 150 Å². The highest BCUT2D eigenvalue weighted by atomic mass is 16.5. The molecule has 0 aliphatic heterocycles. The SMILES string of the molecule is O=C(Cn1ccc(OCc2ccccc2)cc1=O)c1ccc(CO)cn1. The molecule has 1 aromatic carbocycles. The largest absolute Gasteiger partial charge is 0.489 e. The van der Waals surface area contributed by atoms with Crippen LogP contribution < -0.4 is 10.3 Å². The van der Waals surface area contributed by atoms with Crippen molar-refractivity contribution in [3.05, 3.63) is 94.2 Å². The number of ketones is 1. The van der Waals surface area contributed by atoms with E-state index >= 15 is 0 Å². The molecule has 0 atom stereocenters. The van der Waals surface area contributed by atoms with Gasteiger partial charge in [-0.2, -0.15) is 0 Å². The minimum absolute atomic E-state index is 0.108. The van der Waals surface area contributed by atoms with Crippen LogP contribution in [0.15, 0.2) is 71.8 Å². The first-order valence-corrected chi connectivity index (χ1v) is 8.12. The molecule has 0 bridgehead atoms. The molecule has 0 saturated heterocycles. The van der Waals surface area contributed by atoms with Gasteiger partial charge < -0.3 is 14.4 Å². The molecule has 3 rings (SSSR count). The Hall–Kier alpha value is -3.25. The molecule has 0 spiro atoms. The summed E-state index contributed by atoms with van der Waals surface area (Å²) in [6, 6.07) is 15.8. The van der Waals surface area contributed by atoms with Crippen LogP contribution in [0.4, 0.5) is 0 Å². The molecular formula is C20H18N2O4. The predicted octanol–water partition coefficient (Wildman–Crippen LogP) is 2.20. The summed E-state index contributed by atoms with van der Waals surface area (Å²) in [6.07, 6.45) is 2.97. The summed E-state index contributed by atoms with van der Waals surface area (Å²) in [5.41, 5.74) is 1.55. The molecule has 0 saturated carbocycles. The molecule has 0 radical (unpaired) electrons. The number of hydrogen-bond donors (Lipinski definition) is 1. The number of ether oxygens (including phenoxy) is 1. The fourth-order valence-corrected chi connectivity index (χ4v) is 2.37. The van der Waals surface area contributed by atoms with Crippen LogP contribution in [0.1, 0.15) is 21.6 Å². The van der Waals surface area contributed by atoms with Gasteiger partial charge in [0.05, 0.1) is 13.2 Å². The van der Waals surface area contributed by atoms with E-state index in [1.54, 1.807) is 12.1 Å². The molecule has 0 fully saturated rings. The fraction of sp³-hybridized carbons (Fsp3) is 0.150. The zero-order chi connectivity index (χ0) is 18.4. The highest BCUT2D eigenvalue weighted by molar-refractivity contribution is 5.94. The van der Waals surface area contributed by atoms with Gasteiger partial charge in [-0.25, -0.2) is 0 Å². The maximum Gasteiger partial charge on any atom is 0.254 e. The van der Waals surface area contributed by atoms with Crippen molar-refractivity contribution in [3.63, 3.8) is 0 Å². The van der Waals surface area contributed by atoms with Crippen molar-refractivity contribution in [3.8, 4) is 5.75 Å². The zero-order valence-corrected chi connectivity index (χ0v) is 14.0. The maximum atomic E-state index is 12.2. The van der Waals surface area contributed by atoms with Gasteiger partial charge in [-0.15, -0.1) is 0 Å². The van der Waals surface area contributed by atoms with Gasteiger partial charge >= 0.3 is 0 Å². The van der Waals surface area contributed by atoms with Crippen molar-refractivity contribution < 1.29 is 14.6 Å². The van der Waals surface area contributed by atoms with Crippen LogP contribution in [0.25, 0.3) is 0 Å². The molecule has 6 heteroatoms. The summed E-state index contributed by atoms with van der Waals surface area (Å²) in [4.78, 5) is 28.4. The van der Waals surface area contributed by atoms with E-state index in [-0.39, 0.29) is 30.2 Å². The van der Waals surface area contributed by atoms with E-state index < -0.39 is 0 Å². The highest BCUT2D eigenvalue weighted by Crippen LogP contribution is 2.10. The third-order valence-corrected chi connectivity index (χ3v) is 3.82. The number of benzene rings is 1. The molecule has 2 aromatic heterocycles. The molecule has 0 aliphatic carbocycles. The first kappa shape index (κ1) is 17.6. The molecular weight excluding hydrogens is 332 g/mol. The minimum Gasteiger partial charge on any atom is -0.489 e. The zero-order valence-electron chi connectivity index (χ0n) is 14.0. The number of pyridine rings is 2. The van der Waals surface area contributed by atoms with Gasteiger partial charge in [0.15, 0.2) is 0 Å². The number of nitrogens with zero attached hydrogens (tertiary/aromatic N) is 2. The second-order valence-electron chi connectivity index (χ2n) is 5.74. The molecule has 26 heavy (non-hydrogen) atoms. The van der Waals surface area contributed by atoms with E-state index in [0.717, 1.165) is 5.56 Å². The number of Topliss-reactive ketones (excluding diaryl/α,β-unsaturated/α-hetero) is 1. The van der Waals surface area contributed by atoms with E-state index in [2.05, 4.69) is 4.98 Å². The Morgan fingerprint density at radius 1 is 1.08 bits per heavy atom. The first-order chi connectivity index (χ1) is 12.7. The topological polar surface area (TPSA) is 81.4 Å². The molecule has 3 aromatic rings. The van der Waals surface area contributed by atoms with E-state index in [4.69, 9.17) is 9.84 Å². The van der Waals surface area contributed by atoms with Gasteiger partial charge in [-0.05, 0) is 23.3 Å². The van der Waals surface area contributed by atoms with Gasteiger partial charge in [0, 0.05) is 18.5 Å². The van der Waals surface area contributed by atoms with Crippen LogP contribution in [0.5, 0.6) is 5.75 Å². The summed E-state index contributed by atoms with van der Waals surface area (Å²) < 4.78 is 6.91. The first-order valence-electron chi connectivity index (χ1n) is 8.12. The van der Waals surface area contributed by atoms with Gasteiger partial charge in [0.25, 0.3) is 5.56 Å². The maximum absolute atomic E-state index is 12.2. The van der Waals surface area contributed by atoms with Crippen LogP contribution in [-0.4, -0.2) is 20.4 Å². The van der Waals surface area contributed by atoms with Crippen LogP contribution in [0.3, 0.4) is 0 Å². The van der Waals surface area contributed by atoms with Crippen LogP contribution >= 0.6 is 0 Å². The Morgan fingerprint density at radius 3 is 2.54 bits per heavy atom. The van der Waals surface area contributed by atoms with Crippen LogP contribution in [0, 0.1) is 0 Å². The van der Waals surface area contributed by atoms with Crippen molar-refractivity contribution in [2.45, 2.75) is 19.8 Å². The average Bonchev–Trinajstić information content (AvgIpc) is 2.69. The number of carbonyl (C=O) groups is 1. The van der Waals surface area contributed by atoms with E-state index in [9.17, 15) is 9.59 Å². The third-order valence-electron chi connectivity index (χ3n) is 3.82. The Kier molecular flexibility index (Phi) is 5.56. The number of carbonyl (C=O) groups excluding carboxylic acids is 1. The summed E-state index contributed by atoms with van der Waals surface area (Å²) in [7, 11) is 0. The number of aromatic nitrogens is 2. The average molecular weight is 350 g/mol. The summed E-state index contributed by atoms with van der Waals surface area (Å²) in [5.74, 6) is 0.169. The van der Waals surface area contributed by atoms with Crippen molar-refractivity contribution in [2.75, 3.05) is 0 Å². The Bertz CT molecular complexity index is 934. The fourth-order valence-electron chi connectivity index (χ4n) is 2.37. The standard InChI is InChI=1S/C20H18N2O4/c23-13-16-6-7-18(21-11-16)19(24)12-22-9-8-17(10-20(22)25)26-14-15-4-2-1-3-5-15/h1-11,23H,12-14H2. The lowest BCUT2D eigenvalue weighted by atomic mass is 10.2. The normalized spacial score (nSPS) is 10.5. The Balaban J connectivity index is 1.65. The van der Waals surface area contributed by atoms with Gasteiger partial charge in [-0.1, -0.05) is 36.4 Å². The molecule has 1 N–H and O–H groups in total. The Morgan fingerprint density at radius 2 is 1.88 bits per heavy atom. The monoisotopic (exact) mass is 350 g/mol. The quantitative estimate of drug-likeness (QED) is 0.661. The van der Waals surface area contributed by atoms with E-state index in [1.165, 1.54) is 29.1 Å². The second-order valence-corrected chi connectivity index (χ2v) is 5.74. The smallest absolute Gasteiger partial charge is 0.254 e. The lowest BCUT2D eigenvalue weighted by molar-refractivity contribution is 0.0965. The summed E-state index contributed by atoms with van der Waals surface area (Å²) >= 11 is 0. The van der Waals surface area contributed by atoms with E-state index in [1.807, 2.05) is 30.3 Å². The lowest BCUT2D eigenvalue weighted by Crippen LogP contribution is -2.23. The number of aliphatic hydroxyl groups is 1. The van der Waals surface area contributed by atoms with E-state index in [0.29, 0.717) is 17.9 Å². The third kappa shape index (κ3) is 4.43. The summed E-state index contributed by atoms with van der Waals surface area (Å²) in [6.45, 7) is 0.124. The predicted molar refractivity (Wildman–Crippen MR) is 96.0 cm³/mol. The molecule has 132 valence electrons. The number of hydrogen-bond acceptors (Lipinski definition) is 5. The van der Waals surface area contributed by atoms with Gasteiger partial charge in [0.2, 0.25) is 5.78 Å². The van der Waals surface area contributed by atoms with Crippen LogP contribution in [-0.2, 0) is 19.8 Å². The minimum atomic E-state index is -0.323. The van der Waals surface area contributed by atoms with Crippen molar-refractivity contribution in [1.82, 2.24) is 9.55 Å². The van der Waals surface area contributed by atoms with Gasteiger partial charge in [-0.3, -0.25) is 14.6 Å². The lowest BCUT2D eigenvalue weighted by Gasteiger charge is -2.08. The number of aliphatic hydroxyl groups excluding tert-OH is 1. The molecule has 0 amide bonds. The molecule has 6 nitrogen and oxygen atoms in total. The molecule has 0 unspecified atom stereocenters. The van der Waals surface area contributed by atoms with Crippen LogP contribution in [0.2, 0.25) is 0 Å².